The van der Waals surface area contributed by atoms with E-state index in [4.69, 9.17) is 9.90 Å². The largest absolute Gasteiger partial charge is 0.456 e. The molecule has 0 amide bonds. The van der Waals surface area contributed by atoms with E-state index in [-0.39, 0.29) is 45.7 Å². The van der Waals surface area contributed by atoms with Gasteiger partial charge >= 0.3 is 0 Å². The van der Waals surface area contributed by atoms with Crippen molar-refractivity contribution >= 4 is 75.8 Å². The van der Waals surface area contributed by atoms with E-state index in [9.17, 15) is 5.48 Å². The Morgan fingerprint density at radius 2 is 0.912 bits per heavy atom. The molecule has 11 aromatic carbocycles. The maximum Gasteiger partial charge on any atom is 0.136 e. The summed E-state index contributed by atoms with van der Waals surface area (Å²) in [7, 11) is 0. The topological polar surface area (TPSA) is 13.1 Å². The van der Waals surface area contributed by atoms with Crippen molar-refractivity contribution in [2.24, 2.45) is 0 Å². The Morgan fingerprint density at radius 1 is 0.316 bits per heavy atom. The van der Waals surface area contributed by atoms with E-state index in [0.29, 0.717) is 33.4 Å². The van der Waals surface area contributed by atoms with Gasteiger partial charge in [-0.3, -0.25) is 0 Å². The van der Waals surface area contributed by atoms with Crippen LogP contribution >= 0.6 is 0 Å². The number of hydrogen-bond acceptors (Lipinski definition) is 1. The summed E-state index contributed by atoms with van der Waals surface area (Å²) >= 11 is 0. The lowest BCUT2D eigenvalue weighted by Crippen LogP contribution is -1.92. The lowest BCUT2D eigenvalue weighted by Gasteiger charge is -2.19. The predicted molar refractivity (Wildman–Crippen MR) is 243 cm³/mol. The van der Waals surface area contributed by atoms with Gasteiger partial charge in [-0.15, -0.1) is 0 Å². The third kappa shape index (κ3) is 4.89. The van der Waals surface area contributed by atoms with Crippen LogP contribution in [0.5, 0.6) is 0 Å². The molecule has 0 unspecified atom stereocenters. The first kappa shape index (κ1) is 24.8. The molecule has 0 aliphatic heterocycles. The molecule has 0 N–H and O–H groups in total. The molecule has 1 heteroatoms. The summed E-state index contributed by atoms with van der Waals surface area (Å²) in [5.74, 6) is 0. The van der Waals surface area contributed by atoms with E-state index in [1.54, 1.807) is 6.07 Å². The van der Waals surface area contributed by atoms with Crippen LogP contribution in [0.3, 0.4) is 0 Å². The van der Waals surface area contributed by atoms with Gasteiger partial charge in [0.2, 0.25) is 0 Å². The molecule has 0 spiro atoms. The molecule has 0 radical (unpaired) electrons. The summed E-state index contributed by atoms with van der Waals surface area (Å²) in [5, 5.41) is 7.95. The van der Waals surface area contributed by atoms with E-state index < -0.39 is 24.2 Å². The van der Waals surface area contributed by atoms with Gasteiger partial charge in [0, 0.05) is 10.8 Å². The minimum absolute atomic E-state index is 0.167. The minimum Gasteiger partial charge on any atom is -0.456 e. The minimum atomic E-state index is -0.440. The molecule has 264 valence electrons. The highest BCUT2D eigenvalue weighted by molar-refractivity contribution is 6.26. The van der Waals surface area contributed by atoms with Crippen LogP contribution in [0.25, 0.3) is 120 Å². The van der Waals surface area contributed by atoms with Gasteiger partial charge in [-0.2, -0.15) is 0 Å². The smallest absolute Gasteiger partial charge is 0.136 e. The molecule has 0 atom stereocenters. The van der Waals surface area contributed by atoms with Crippen LogP contribution in [0.4, 0.5) is 0 Å². The van der Waals surface area contributed by atoms with Gasteiger partial charge in [0.1, 0.15) is 11.2 Å². The van der Waals surface area contributed by atoms with Crippen molar-refractivity contribution in [2.45, 2.75) is 0 Å². The van der Waals surface area contributed by atoms with Crippen molar-refractivity contribution in [1.82, 2.24) is 0 Å². The summed E-state index contributed by atoms with van der Waals surface area (Å²) < 4.78 is 80.7. The van der Waals surface area contributed by atoms with Gasteiger partial charge in [0.15, 0.2) is 0 Å². The first-order valence-corrected chi connectivity index (χ1v) is 19.0. The highest BCUT2D eigenvalue weighted by atomic mass is 16.3. The Bertz CT molecular complexity index is 3960. The van der Waals surface area contributed by atoms with Gasteiger partial charge in [-0.1, -0.05) is 182 Å². The van der Waals surface area contributed by atoms with Crippen molar-refractivity contribution in [3.05, 3.63) is 206 Å². The van der Waals surface area contributed by atoms with Crippen LogP contribution in [0.15, 0.2) is 210 Å². The Labute approximate surface area is 340 Å². The van der Waals surface area contributed by atoms with Crippen LogP contribution < -0.4 is 0 Å². The average Bonchev–Trinajstić information content (AvgIpc) is 3.73. The zero-order valence-electron chi connectivity index (χ0n) is 38.4. The van der Waals surface area contributed by atoms with Crippen molar-refractivity contribution in [1.29, 1.82) is 0 Å². The first-order chi connectivity index (χ1) is 31.6. The number of hydrogen-bond donors (Lipinski definition) is 0. The molecule has 0 aliphatic rings. The molecule has 1 aromatic heterocycles. The van der Waals surface area contributed by atoms with Crippen molar-refractivity contribution in [3.63, 3.8) is 0 Å². The number of benzene rings is 11. The molecule has 0 bridgehead atoms. The van der Waals surface area contributed by atoms with E-state index in [2.05, 4.69) is 42.5 Å². The van der Waals surface area contributed by atoms with Gasteiger partial charge in [-0.25, -0.2) is 0 Å². The maximum absolute atomic E-state index is 9.60. The quantitative estimate of drug-likeness (QED) is 0.130. The van der Waals surface area contributed by atoms with Crippen LogP contribution in [0.1, 0.15) is 11.0 Å². The number of rotatable bonds is 4. The van der Waals surface area contributed by atoms with E-state index in [1.165, 1.54) is 0 Å². The lowest BCUT2D eigenvalue weighted by molar-refractivity contribution is 0.669. The monoisotopic (exact) mass is 730 g/mol. The third-order valence-corrected chi connectivity index (χ3v) is 11.5. The Morgan fingerprint density at radius 3 is 1.70 bits per heavy atom. The second kappa shape index (κ2) is 12.5. The third-order valence-electron chi connectivity index (χ3n) is 11.5. The highest BCUT2D eigenvalue weighted by Gasteiger charge is 2.20. The average molecular weight is 731 g/mol. The van der Waals surface area contributed by atoms with Gasteiger partial charge in [0.05, 0.1) is 11.0 Å². The molecule has 57 heavy (non-hydrogen) atoms. The van der Waals surface area contributed by atoms with Crippen LogP contribution in [0, 0.1) is 0 Å². The Kier molecular flexibility index (Phi) is 5.46. The van der Waals surface area contributed by atoms with E-state index in [0.717, 1.165) is 65.3 Å². The highest BCUT2D eigenvalue weighted by Crippen LogP contribution is 2.47. The predicted octanol–water partition coefficient (Wildman–Crippen LogP) is 16.0. The van der Waals surface area contributed by atoms with Gasteiger partial charge in [-0.05, 0) is 123 Å². The summed E-state index contributed by atoms with van der Waals surface area (Å²) in [6, 6.07) is 49.4. The van der Waals surface area contributed by atoms with Crippen molar-refractivity contribution < 1.29 is 15.4 Å². The van der Waals surface area contributed by atoms with E-state index >= 15 is 0 Å². The molecule has 1 nitrogen and oxygen atoms in total. The van der Waals surface area contributed by atoms with Crippen LogP contribution in [-0.2, 0) is 0 Å². The van der Waals surface area contributed by atoms with Crippen molar-refractivity contribution in [2.75, 3.05) is 0 Å². The molecular weight excluding hydrogens is 689 g/mol. The molecule has 1 heterocycles. The van der Waals surface area contributed by atoms with Gasteiger partial charge in [0.25, 0.3) is 0 Å². The summed E-state index contributed by atoms with van der Waals surface area (Å²) in [5.41, 5.74) is 7.42. The SMILES string of the molecule is [2H]c1c([2H])c([2H])c2c(-c3cccc4c3ccc3cc(-c5ccccc5-c5ccccc5)ccc34)c3c([2H])c([2H])c([2H])c([2H])c3c(-c3ccc4oc5ccc6ccccc6c5c4c3)c2c1[2H]. The number of fused-ring (bicyclic) bond motifs is 10. The van der Waals surface area contributed by atoms with Crippen LogP contribution in [0.2, 0.25) is 0 Å². The second-order valence-electron chi connectivity index (χ2n) is 14.5. The Hall–Kier alpha value is -7.48. The first-order valence-electron chi connectivity index (χ1n) is 23.0. The summed E-state index contributed by atoms with van der Waals surface area (Å²) in [6.07, 6.45) is 0. The summed E-state index contributed by atoms with van der Waals surface area (Å²) in [6.45, 7) is 0. The molecule has 0 fully saturated rings. The molecular formula is C56H34O. The Balaban J connectivity index is 1.18. The molecule has 12 rings (SSSR count). The number of furan rings is 1. The second-order valence-corrected chi connectivity index (χ2v) is 14.5. The lowest BCUT2D eigenvalue weighted by atomic mass is 9.84. The van der Waals surface area contributed by atoms with Crippen LogP contribution in [-0.4, -0.2) is 0 Å². The molecule has 12 aromatic rings. The van der Waals surface area contributed by atoms with Gasteiger partial charge < -0.3 is 4.42 Å². The van der Waals surface area contributed by atoms with Crippen molar-refractivity contribution in [3.8, 4) is 44.5 Å². The fraction of sp³-hybridized carbons (Fsp3) is 0. The zero-order valence-corrected chi connectivity index (χ0v) is 30.4. The van der Waals surface area contributed by atoms with E-state index in [1.807, 2.05) is 109 Å². The maximum atomic E-state index is 9.60. The standard InChI is InChI=1S/C56H34O/c1-2-13-35(14-3-1)40-16-6-7-17-41(40)37-25-29-42-38(33-37)26-30-45-44(42)23-12-24-46(45)55-49-21-10-8-19-47(49)54(48-20-9-11-22-50(48)55)39-28-31-52-51(34-39)56-43-18-5-4-15-36(43)27-32-53(56)57-52/h1-34H/i8D,9D,10D,11D,19D,20D,21D,22D. The molecule has 0 aliphatic carbocycles. The fourth-order valence-corrected chi connectivity index (χ4v) is 8.97. The molecule has 0 saturated heterocycles. The molecule has 0 saturated carbocycles. The summed E-state index contributed by atoms with van der Waals surface area (Å²) in [4.78, 5) is 0. The zero-order chi connectivity index (χ0) is 44.4. The normalized spacial score (nSPS) is 13.8. The fourth-order valence-electron chi connectivity index (χ4n) is 8.97.